The average Bonchev–Trinajstić information content (AvgIpc) is 2.54. The summed E-state index contributed by atoms with van der Waals surface area (Å²) in [6, 6.07) is -0.0599. The Morgan fingerprint density at radius 3 is 2.10 bits per heavy atom. The van der Waals surface area contributed by atoms with Crippen molar-refractivity contribution in [2.75, 3.05) is 45.9 Å². The number of hydrogen-bond acceptors (Lipinski definition) is 4. The summed E-state index contributed by atoms with van der Waals surface area (Å²) < 4.78 is 5.06. The van der Waals surface area contributed by atoms with E-state index in [0.717, 1.165) is 39.0 Å². The van der Waals surface area contributed by atoms with Crippen LogP contribution in [0.3, 0.4) is 0 Å². The zero-order valence-electron chi connectivity index (χ0n) is 13.2. The largest absolute Gasteiger partial charge is 0.465 e. The van der Waals surface area contributed by atoms with Gasteiger partial charge in [-0.15, -0.1) is 0 Å². The number of likely N-dealkylation sites (tertiary alicyclic amines) is 1. The zero-order valence-corrected chi connectivity index (χ0v) is 13.2. The van der Waals surface area contributed by atoms with Crippen LogP contribution in [-0.2, 0) is 9.53 Å². The maximum atomic E-state index is 12.4. The van der Waals surface area contributed by atoms with Crippen LogP contribution in [0.1, 0.15) is 33.1 Å². The fourth-order valence-electron chi connectivity index (χ4n) is 3.00. The molecule has 1 unspecified atom stereocenters. The number of esters is 1. The topological polar surface area (TPSA) is 53.1 Å². The molecule has 0 aliphatic carbocycles. The quantitative estimate of drug-likeness (QED) is 0.734. The van der Waals surface area contributed by atoms with Gasteiger partial charge in [0.2, 0.25) is 0 Å². The smallest absolute Gasteiger partial charge is 0.323 e. The minimum Gasteiger partial charge on any atom is -0.465 e. The van der Waals surface area contributed by atoms with Crippen molar-refractivity contribution >= 4 is 12.0 Å². The molecule has 6 heteroatoms. The van der Waals surface area contributed by atoms with E-state index < -0.39 is 0 Å². The maximum absolute atomic E-state index is 12.4. The van der Waals surface area contributed by atoms with E-state index in [1.165, 1.54) is 6.42 Å². The Bertz CT molecular complexity index is 361. The van der Waals surface area contributed by atoms with E-state index in [2.05, 4.69) is 4.90 Å². The number of piperidine rings is 1. The predicted molar refractivity (Wildman–Crippen MR) is 80.1 cm³/mol. The first-order valence-corrected chi connectivity index (χ1v) is 8.08. The number of amides is 2. The number of urea groups is 1. The van der Waals surface area contributed by atoms with E-state index in [0.29, 0.717) is 19.7 Å². The van der Waals surface area contributed by atoms with Gasteiger partial charge in [-0.25, -0.2) is 4.79 Å². The van der Waals surface area contributed by atoms with Crippen LogP contribution in [0.25, 0.3) is 0 Å². The van der Waals surface area contributed by atoms with Gasteiger partial charge in [-0.1, -0.05) is 0 Å². The molecular formula is C15H27N3O3. The van der Waals surface area contributed by atoms with Gasteiger partial charge in [0.15, 0.2) is 0 Å². The molecule has 1 atom stereocenters. The van der Waals surface area contributed by atoms with Crippen LogP contribution < -0.4 is 0 Å². The summed E-state index contributed by atoms with van der Waals surface area (Å²) in [5.41, 5.74) is 0. The lowest BCUT2D eigenvalue weighted by Crippen LogP contribution is -2.56. The number of hydrogen-bond donors (Lipinski definition) is 0. The zero-order chi connectivity index (χ0) is 15.2. The highest BCUT2D eigenvalue weighted by molar-refractivity contribution is 5.76. The Hall–Kier alpha value is -1.30. The first-order chi connectivity index (χ1) is 10.1. The standard InChI is InChI=1S/C15H27N3O3/c1-3-21-14(19)13(2)16-9-11-18(12-10-16)15(20)17-7-5-4-6-8-17/h13H,3-12H2,1-2H3. The molecule has 0 spiro atoms. The van der Waals surface area contributed by atoms with Gasteiger partial charge in [0.05, 0.1) is 6.61 Å². The molecule has 21 heavy (non-hydrogen) atoms. The molecule has 0 bridgehead atoms. The Kier molecular flexibility index (Phi) is 5.85. The van der Waals surface area contributed by atoms with Crippen molar-refractivity contribution in [3.05, 3.63) is 0 Å². The first kappa shape index (κ1) is 16.1. The molecule has 0 saturated carbocycles. The molecule has 2 saturated heterocycles. The van der Waals surface area contributed by atoms with Gasteiger partial charge in [-0.2, -0.15) is 0 Å². The first-order valence-electron chi connectivity index (χ1n) is 8.08. The number of nitrogens with zero attached hydrogens (tertiary/aromatic N) is 3. The molecule has 2 aliphatic rings. The molecule has 0 aromatic heterocycles. The lowest BCUT2D eigenvalue weighted by atomic mass is 10.1. The molecule has 0 aromatic rings. The highest BCUT2D eigenvalue weighted by Gasteiger charge is 2.30. The van der Waals surface area contributed by atoms with Gasteiger partial charge in [-0.05, 0) is 33.1 Å². The van der Waals surface area contributed by atoms with Crippen molar-refractivity contribution in [3.8, 4) is 0 Å². The van der Waals surface area contributed by atoms with E-state index in [-0.39, 0.29) is 18.0 Å². The highest BCUT2D eigenvalue weighted by atomic mass is 16.5. The molecule has 2 aliphatic heterocycles. The van der Waals surface area contributed by atoms with Crippen molar-refractivity contribution in [1.82, 2.24) is 14.7 Å². The number of ether oxygens (including phenoxy) is 1. The number of rotatable bonds is 3. The van der Waals surface area contributed by atoms with Crippen molar-refractivity contribution in [2.45, 2.75) is 39.2 Å². The van der Waals surface area contributed by atoms with Crippen molar-refractivity contribution in [1.29, 1.82) is 0 Å². The molecule has 2 heterocycles. The Labute approximate surface area is 127 Å². The predicted octanol–water partition coefficient (Wildman–Crippen LogP) is 1.16. The van der Waals surface area contributed by atoms with E-state index in [4.69, 9.17) is 4.74 Å². The fraction of sp³-hybridized carbons (Fsp3) is 0.867. The lowest BCUT2D eigenvalue weighted by Gasteiger charge is -2.39. The van der Waals surface area contributed by atoms with Gasteiger partial charge < -0.3 is 14.5 Å². The van der Waals surface area contributed by atoms with Gasteiger partial charge in [0, 0.05) is 39.3 Å². The van der Waals surface area contributed by atoms with Crippen LogP contribution in [0.2, 0.25) is 0 Å². The fourth-order valence-corrected chi connectivity index (χ4v) is 3.00. The van der Waals surface area contributed by atoms with Crippen LogP contribution in [-0.4, -0.2) is 78.6 Å². The molecule has 6 nitrogen and oxygen atoms in total. The molecule has 0 radical (unpaired) electrons. The van der Waals surface area contributed by atoms with Crippen LogP contribution in [0.15, 0.2) is 0 Å². The second kappa shape index (κ2) is 7.64. The molecule has 0 N–H and O–H groups in total. The SMILES string of the molecule is CCOC(=O)C(C)N1CCN(C(=O)N2CCCCC2)CC1. The molecule has 120 valence electrons. The molecular weight excluding hydrogens is 270 g/mol. The third-order valence-corrected chi connectivity index (χ3v) is 4.39. The summed E-state index contributed by atoms with van der Waals surface area (Å²) in [5.74, 6) is -0.173. The molecule has 2 rings (SSSR count). The second-order valence-electron chi connectivity index (χ2n) is 5.78. The summed E-state index contributed by atoms with van der Waals surface area (Å²) in [7, 11) is 0. The summed E-state index contributed by atoms with van der Waals surface area (Å²) in [6.45, 7) is 8.74. The Morgan fingerprint density at radius 1 is 0.952 bits per heavy atom. The van der Waals surface area contributed by atoms with Crippen LogP contribution in [0.4, 0.5) is 4.79 Å². The maximum Gasteiger partial charge on any atom is 0.323 e. The van der Waals surface area contributed by atoms with Gasteiger partial charge in [-0.3, -0.25) is 9.69 Å². The summed E-state index contributed by atoms with van der Waals surface area (Å²) >= 11 is 0. The second-order valence-corrected chi connectivity index (χ2v) is 5.78. The van der Waals surface area contributed by atoms with E-state index in [1.54, 1.807) is 0 Å². The van der Waals surface area contributed by atoms with Gasteiger partial charge in [0.1, 0.15) is 6.04 Å². The van der Waals surface area contributed by atoms with E-state index >= 15 is 0 Å². The minimum atomic E-state index is -0.225. The average molecular weight is 297 g/mol. The van der Waals surface area contributed by atoms with E-state index in [9.17, 15) is 9.59 Å². The number of piperazine rings is 1. The third-order valence-electron chi connectivity index (χ3n) is 4.39. The normalized spacial score (nSPS) is 22.0. The van der Waals surface area contributed by atoms with Crippen LogP contribution in [0, 0.1) is 0 Å². The number of carbonyl (C=O) groups is 2. The monoisotopic (exact) mass is 297 g/mol. The van der Waals surface area contributed by atoms with E-state index in [1.807, 2.05) is 23.6 Å². The molecule has 2 fully saturated rings. The lowest BCUT2D eigenvalue weighted by molar-refractivity contribution is -0.149. The minimum absolute atomic E-state index is 0.165. The van der Waals surface area contributed by atoms with Crippen molar-refractivity contribution in [2.24, 2.45) is 0 Å². The van der Waals surface area contributed by atoms with Crippen LogP contribution in [0.5, 0.6) is 0 Å². The van der Waals surface area contributed by atoms with Crippen molar-refractivity contribution < 1.29 is 14.3 Å². The van der Waals surface area contributed by atoms with Crippen molar-refractivity contribution in [3.63, 3.8) is 0 Å². The summed E-state index contributed by atoms with van der Waals surface area (Å²) in [6.07, 6.45) is 3.46. The van der Waals surface area contributed by atoms with Gasteiger partial charge in [0.25, 0.3) is 0 Å². The van der Waals surface area contributed by atoms with Gasteiger partial charge >= 0.3 is 12.0 Å². The third kappa shape index (κ3) is 4.09. The Balaban J connectivity index is 1.79. The molecule has 0 aromatic carbocycles. The number of carbonyl (C=O) groups excluding carboxylic acids is 2. The van der Waals surface area contributed by atoms with Crippen LogP contribution >= 0.6 is 0 Å². The summed E-state index contributed by atoms with van der Waals surface area (Å²) in [5, 5.41) is 0. The Morgan fingerprint density at radius 2 is 1.52 bits per heavy atom. The highest BCUT2D eigenvalue weighted by Crippen LogP contribution is 2.14. The molecule has 2 amide bonds. The summed E-state index contributed by atoms with van der Waals surface area (Å²) in [4.78, 5) is 30.1.